The van der Waals surface area contributed by atoms with Gasteiger partial charge in [-0.2, -0.15) is 4.31 Å². The summed E-state index contributed by atoms with van der Waals surface area (Å²) >= 11 is 0. The van der Waals surface area contributed by atoms with E-state index in [1.807, 2.05) is 27.7 Å². The van der Waals surface area contributed by atoms with E-state index in [2.05, 4.69) is 10.6 Å². The fourth-order valence-electron chi connectivity index (χ4n) is 2.59. The van der Waals surface area contributed by atoms with Crippen molar-refractivity contribution < 1.29 is 18.0 Å². The van der Waals surface area contributed by atoms with Gasteiger partial charge in [-0.05, 0) is 75.2 Å². The van der Waals surface area contributed by atoms with Crippen LogP contribution in [-0.4, -0.2) is 44.2 Å². The van der Waals surface area contributed by atoms with Crippen LogP contribution in [-0.2, 0) is 14.8 Å². The number of carbonyl (C=O) groups excluding carboxylic acids is 2. The Morgan fingerprint density at radius 3 is 2.17 bits per heavy atom. The molecule has 0 saturated heterocycles. The first-order valence-electron chi connectivity index (χ1n) is 9.25. The standard InChI is InChI=1S/C21H27N3O4S/c1-14(2)22-21(26)17-7-9-18(10-8-17)23-20(25)13-24(5)29(27,28)19-11-6-15(3)16(4)12-19/h6-12,14H,13H2,1-5H3,(H,22,26)(H,23,25). The molecule has 0 atom stereocenters. The van der Waals surface area contributed by atoms with Gasteiger partial charge in [0.1, 0.15) is 0 Å². The van der Waals surface area contributed by atoms with Crippen LogP contribution in [0.15, 0.2) is 47.4 Å². The number of hydrogen-bond donors (Lipinski definition) is 2. The molecule has 2 N–H and O–H groups in total. The van der Waals surface area contributed by atoms with Crippen LogP contribution in [0.4, 0.5) is 5.69 Å². The number of benzene rings is 2. The molecular formula is C21H27N3O4S. The Labute approximate surface area is 172 Å². The van der Waals surface area contributed by atoms with E-state index in [1.165, 1.54) is 13.1 Å². The summed E-state index contributed by atoms with van der Waals surface area (Å²) in [6.07, 6.45) is 0. The highest BCUT2D eigenvalue weighted by molar-refractivity contribution is 7.89. The molecule has 0 aliphatic heterocycles. The first-order valence-corrected chi connectivity index (χ1v) is 10.7. The Morgan fingerprint density at radius 1 is 1.00 bits per heavy atom. The highest BCUT2D eigenvalue weighted by atomic mass is 32.2. The largest absolute Gasteiger partial charge is 0.350 e. The monoisotopic (exact) mass is 417 g/mol. The van der Waals surface area contributed by atoms with Gasteiger partial charge >= 0.3 is 0 Å². The van der Waals surface area contributed by atoms with Crippen LogP contribution in [0, 0.1) is 13.8 Å². The van der Waals surface area contributed by atoms with Crippen molar-refractivity contribution in [3.05, 3.63) is 59.2 Å². The first-order chi connectivity index (χ1) is 13.5. The van der Waals surface area contributed by atoms with Crippen molar-refractivity contribution in [2.75, 3.05) is 18.9 Å². The van der Waals surface area contributed by atoms with Gasteiger partial charge in [0.25, 0.3) is 5.91 Å². The van der Waals surface area contributed by atoms with Crippen molar-refractivity contribution in [3.63, 3.8) is 0 Å². The minimum atomic E-state index is -3.78. The molecule has 0 saturated carbocycles. The smallest absolute Gasteiger partial charge is 0.251 e. The van der Waals surface area contributed by atoms with Crippen molar-refractivity contribution >= 4 is 27.5 Å². The molecule has 0 radical (unpaired) electrons. The zero-order valence-corrected chi connectivity index (χ0v) is 18.1. The van der Waals surface area contributed by atoms with Gasteiger partial charge in [0.15, 0.2) is 0 Å². The average Bonchev–Trinajstić information content (AvgIpc) is 2.63. The maximum atomic E-state index is 12.7. The van der Waals surface area contributed by atoms with Crippen LogP contribution in [0.3, 0.4) is 0 Å². The molecule has 8 heteroatoms. The number of rotatable bonds is 7. The molecule has 29 heavy (non-hydrogen) atoms. The second kappa shape index (κ2) is 9.19. The van der Waals surface area contributed by atoms with E-state index < -0.39 is 15.9 Å². The number of nitrogens with one attached hydrogen (secondary N) is 2. The lowest BCUT2D eigenvalue weighted by molar-refractivity contribution is -0.116. The number of anilines is 1. The molecule has 0 aliphatic rings. The van der Waals surface area contributed by atoms with Gasteiger partial charge in [0.2, 0.25) is 15.9 Å². The van der Waals surface area contributed by atoms with Crippen LogP contribution in [0.5, 0.6) is 0 Å². The van der Waals surface area contributed by atoms with E-state index in [0.29, 0.717) is 11.3 Å². The number of likely N-dealkylation sites (N-methyl/N-ethyl adjacent to an activating group) is 1. The highest BCUT2D eigenvalue weighted by Gasteiger charge is 2.23. The summed E-state index contributed by atoms with van der Waals surface area (Å²) < 4.78 is 26.4. The van der Waals surface area contributed by atoms with Gasteiger partial charge < -0.3 is 10.6 Å². The molecule has 0 spiro atoms. The summed E-state index contributed by atoms with van der Waals surface area (Å²) in [6.45, 7) is 7.15. The molecule has 0 bridgehead atoms. The normalized spacial score (nSPS) is 11.6. The van der Waals surface area contributed by atoms with E-state index in [9.17, 15) is 18.0 Å². The lowest BCUT2D eigenvalue weighted by atomic mass is 10.1. The van der Waals surface area contributed by atoms with E-state index in [-0.39, 0.29) is 23.4 Å². The van der Waals surface area contributed by atoms with E-state index >= 15 is 0 Å². The summed E-state index contributed by atoms with van der Waals surface area (Å²) in [6, 6.07) is 11.3. The number of aryl methyl sites for hydroxylation is 2. The Morgan fingerprint density at radius 2 is 1.62 bits per heavy atom. The Hall–Kier alpha value is -2.71. The lowest BCUT2D eigenvalue weighted by Crippen LogP contribution is -2.35. The lowest BCUT2D eigenvalue weighted by Gasteiger charge is -2.17. The van der Waals surface area contributed by atoms with Gasteiger partial charge in [0, 0.05) is 24.3 Å². The van der Waals surface area contributed by atoms with E-state index in [0.717, 1.165) is 15.4 Å². The van der Waals surface area contributed by atoms with Gasteiger partial charge in [-0.25, -0.2) is 8.42 Å². The molecule has 7 nitrogen and oxygen atoms in total. The molecule has 0 heterocycles. The molecule has 0 unspecified atom stereocenters. The van der Waals surface area contributed by atoms with Crippen molar-refractivity contribution in [3.8, 4) is 0 Å². The van der Waals surface area contributed by atoms with Gasteiger partial charge in [0.05, 0.1) is 11.4 Å². The minimum Gasteiger partial charge on any atom is -0.350 e. The third kappa shape index (κ3) is 5.88. The molecule has 0 aromatic heterocycles. The second-order valence-electron chi connectivity index (χ2n) is 7.26. The van der Waals surface area contributed by atoms with Crippen LogP contribution < -0.4 is 10.6 Å². The van der Waals surface area contributed by atoms with E-state index in [4.69, 9.17) is 0 Å². The molecule has 0 aliphatic carbocycles. The summed E-state index contributed by atoms with van der Waals surface area (Å²) in [4.78, 5) is 24.4. The Bertz CT molecular complexity index is 999. The average molecular weight is 418 g/mol. The Balaban J connectivity index is 2.02. The predicted octanol–water partition coefficient (Wildman–Crippen LogP) is 2.70. The molecule has 2 aromatic rings. The molecule has 0 fully saturated rings. The third-order valence-corrected chi connectivity index (χ3v) is 6.20. The van der Waals surface area contributed by atoms with Crippen molar-refractivity contribution in [1.82, 2.24) is 9.62 Å². The molecule has 2 amide bonds. The summed E-state index contributed by atoms with van der Waals surface area (Å²) in [7, 11) is -2.41. The zero-order valence-electron chi connectivity index (χ0n) is 17.3. The number of carbonyl (C=O) groups is 2. The summed E-state index contributed by atoms with van der Waals surface area (Å²) in [5.74, 6) is -0.670. The minimum absolute atomic E-state index is 0.0247. The van der Waals surface area contributed by atoms with Crippen LogP contribution in [0.2, 0.25) is 0 Å². The fourth-order valence-corrected chi connectivity index (χ4v) is 3.81. The maximum Gasteiger partial charge on any atom is 0.251 e. The number of sulfonamides is 1. The first kappa shape index (κ1) is 22.6. The van der Waals surface area contributed by atoms with E-state index in [1.54, 1.807) is 36.4 Å². The summed E-state index contributed by atoms with van der Waals surface area (Å²) in [5.41, 5.74) is 2.82. The number of nitrogens with zero attached hydrogens (tertiary/aromatic N) is 1. The predicted molar refractivity (Wildman–Crippen MR) is 113 cm³/mol. The molecular weight excluding hydrogens is 390 g/mol. The maximum absolute atomic E-state index is 12.7. The quantitative estimate of drug-likeness (QED) is 0.724. The van der Waals surface area contributed by atoms with Gasteiger partial charge in [-0.15, -0.1) is 0 Å². The molecule has 2 aromatic carbocycles. The van der Waals surface area contributed by atoms with Crippen LogP contribution in [0.25, 0.3) is 0 Å². The zero-order chi connectivity index (χ0) is 21.8. The third-order valence-electron chi connectivity index (χ3n) is 4.40. The number of amides is 2. The second-order valence-corrected chi connectivity index (χ2v) is 9.31. The summed E-state index contributed by atoms with van der Waals surface area (Å²) in [5, 5.41) is 5.43. The molecule has 2 rings (SSSR count). The molecule has 156 valence electrons. The van der Waals surface area contributed by atoms with Crippen LogP contribution in [0.1, 0.15) is 35.3 Å². The topological polar surface area (TPSA) is 95.6 Å². The van der Waals surface area contributed by atoms with Crippen LogP contribution >= 0.6 is 0 Å². The Kier molecular flexibility index (Phi) is 7.16. The highest BCUT2D eigenvalue weighted by Crippen LogP contribution is 2.18. The van der Waals surface area contributed by atoms with Gasteiger partial charge in [-0.1, -0.05) is 6.07 Å². The fraction of sp³-hybridized carbons (Fsp3) is 0.333. The number of hydrogen-bond acceptors (Lipinski definition) is 4. The van der Waals surface area contributed by atoms with Crippen molar-refractivity contribution in [2.45, 2.75) is 38.6 Å². The van der Waals surface area contributed by atoms with Gasteiger partial charge in [-0.3, -0.25) is 9.59 Å². The van der Waals surface area contributed by atoms with Crippen molar-refractivity contribution in [2.24, 2.45) is 0 Å². The SMILES string of the molecule is Cc1ccc(S(=O)(=O)N(C)CC(=O)Nc2ccc(C(=O)NC(C)C)cc2)cc1C. The van der Waals surface area contributed by atoms with Crippen molar-refractivity contribution in [1.29, 1.82) is 0 Å².